The SMILES string of the molecule is B[C@@H]1C[C@H](OC(=O)CC)[C@H](COC(=O)CC)O1. The second kappa shape index (κ2) is 6.64. The monoisotopic (exact) mass is 242 g/mol. The van der Waals surface area contributed by atoms with Crippen LogP contribution >= 0.6 is 0 Å². The first-order valence-electron chi connectivity index (χ1n) is 6.07. The molecule has 17 heavy (non-hydrogen) atoms. The van der Waals surface area contributed by atoms with E-state index in [0.717, 1.165) is 0 Å². The van der Waals surface area contributed by atoms with Crippen LogP contribution in [0.5, 0.6) is 0 Å². The maximum Gasteiger partial charge on any atom is 0.305 e. The maximum atomic E-state index is 11.2. The first-order chi connectivity index (χ1) is 8.06. The predicted octanol–water partition coefficient (Wildman–Crippen LogP) is 0.00950. The summed E-state index contributed by atoms with van der Waals surface area (Å²) < 4.78 is 15.8. The van der Waals surface area contributed by atoms with Crippen LogP contribution in [0, 0.1) is 0 Å². The Kier molecular flexibility index (Phi) is 5.48. The first-order valence-corrected chi connectivity index (χ1v) is 6.07. The fraction of sp³-hybridized carbons (Fsp3) is 0.818. The molecule has 0 aliphatic carbocycles. The van der Waals surface area contributed by atoms with Crippen LogP contribution in [-0.4, -0.2) is 44.6 Å². The van der Waals surface area contributed by atoms with Crippen LogP contribution in [0.25, 0.3) is 0 Å². The summed E-state index contributed by atoms with van der Waals surface area (Å²) in [6.45, 7) is 3.63. The third kappa shape index (κ3) is 4.38. The molecule has 1 aliphatic heterocycles. The molecule has 96 valence electrons. The summed E-state index contributed by atoms with van der Waals surface area (Å²) in [7, 11) is 1.91. The highest BCUT2D eigenvalue weighted by Crippen LogP contribution is 2.22. The average Bonchev–Trinajstić information content (AvgIpc) is 2.66. The van der Waals surface area contributed by atoms with Crippen molar-refractivity contribution in [2.75, 3.05) is 6.61 Å². The Hall–Kier alpha value is -1.04. The van der Waals surface area contributed by atoms with Crippen molar-refractivity contribution in [2.45, 2.75) is 51.3 Å². The minimum absolute atomic E-state index is 0.0231. The summed E-state index contributed by atoms with van der Waals surface area (Å²) in [4.78, 5) is 22.3. The topological polar surface area (TPSA) is 61.8 Å². The summed E-state index contributed by atoms with van der Waals surface area (Å²) >= 11 is 0. The fourth-order valence-electron chi connectivity index (χ4n) is 1.72. The van der Waals surface area contributed by atoms with Gasteiger partial charge in [-0.15, -0.1) is 0 Å². The molecule has 0 aromatic heterocycles. The Morgan fingerprint density at radius 3 is 2.53 bits per heavy atom. The number of hydrogen-bond acceptors (Lipinski definition) is 5. The van der Waals surface area contributed by atoms with E-state index in [1.165, 1.54) is 0 Å². The van der Waals surface area contributed by atoms with Gasteiger partial charge >= 0.3 is 11.9 Å². The lowest BCUT2D eigenvalue weighted by Crippen LogP contribution is -2.31. The molecule has 1 fully saturated rings. The fourth-order valence-corrected chi connectivity index (χ4v) is 1.72. The minimum Gasteiger partial charge on any atom is -0.463 e. The van der Waals surface area contributed by atoms with Gasteiger partial charge in [0.05, 0.1) is 0 Å². The zero-order valence-corrected chi connectivity index (χ0v) is 10.6. The van der Waals surface area contributed by atoms with Crippen molar-refractivity contribution >= 4 is 19.8 Å². The van der Waals surface area contributed by atoms with Crippen LogP contribution in [0.4, 0.5) is 0 Å². The average molecular weight is 242 g/mol. The van der Waals surface area contributed by atoms with E-state index in [4.69, 9.17) is 14.2 Å². The molecule has 1 saturated heterocycles. The Morgan fingerprint density at radius 2 is 1.94 bits per heavy atom. The van der Waals surface area contributed by atoms with Gasteiger partial charge in [-0.1, -0.05) is 13.8 Å². The van der Waals surface area contributed by atoms with Gasteiger partial charge in [-0.2, -0.15) is 0 Å². The molecule has 6 heteroatoms. The molecule has 5 nitrogen and oxygen atoms in total. The van der Waals surface area contributed by atoms with Gasteiger partial charge in [0, 0.05) is 25.3 Å². The smallest absolute Gasteiger partial charge is 0.305 e. The Morgan fingerprint density at radius 1 is 1.29 bits per heavy atom. The molecule has 3 atom stereocenters. The first kappa shape index (κ1) is 14.0. The van der Waals surface area contributed by atoms with E-state index in [0.29, 0.717) is 19.3 Å². The Bertz CT molecular complexity index is 281. The third-order valence-corrected chi connectivity index (χ3v) is 2.65. The van der Waals surface area contributed by atoms with Crippen molar-refractivity contribution in [2.24, 2.45) is 0 Å². The number of ether oxygens (including phenoxy) is 3. The highest BCUT2D eigenvalue weighted by molar-refractivity contribution is 6.11. The van der Waals surface area contributed by atoms with Gasteiger partial charge in [0.15, 0.2) is 0 Å². The van der Waals surface area contributed by atoms with Crippen molar-refractivity contribution in [1.82, 2.24) is 0 Å². The summed E-state index contributed by atoms with van der Waals surface area (Å²) in [5.41, 5.74) is 0. The second-order valence-electron chi connectivity index (χ2n) is 4.14. The van der Waals surface area contributed by atoms with Crippen molar-refractivity contribution in [3.63, 3.8) is 0 Å². The molecule has 0 aromatic rings. The molecule has 0 amide bonds. The molecule has 0 aromatic carbocycles. The number of carbonyl (C=O) groups is 2. The van der Waals surface area contributed by atoms with E-state index in [1.807, 2.05) is 7.85 Å². The van der Waals surface area contributed by atoms with Gasteiger partial charge in [0.25, 0.3) is 0 Å². The molecule has 0 N–H and O–H groups in total. The zero-order chi connectivity index (χ0) is 12.8. The molecule has 0 spiro atoms. The van der Waals surface area contributed by atoms with E-state index in [9.17, 15) is 9.59 Å². The third-order valence-electron chi connectivity index (χ3n) is 2.65. The molecule has 0 bridgehead atoms. The van der Waals surface area contributed by atoms with Crippen molar-refractivity contribution in [3.05, 3.63) is 0 Å². The lowest BCUT2D eigenvalue weighted by molar-refractivity contribution is -0.156. The van der Waals surface area contributed by atoms with Gasteiger partial charge in [-0.25, -0.2) is 0 Å². The molecule has 0 saturated carbocycles. The Balaban J connectivity index is 2.44. The Labute approximate surface area is 102 Å². The summed E-state index contributed by atoms with van der Waals surface area (Å²) in [6, 6.07) is 0.0231. The van der Waals surface area contributed by atoms with Crippen molar-refractivity contribution < 1.29 is 23.8 Å². The van der Waals surface area contributed by atoms with Crippen LogP contribution in [0.2, 0.25) is 0 Å². The molecular weight excluding hydrogens is 223 g/mol. The van der Waals surface area contributed by atoms with Crippen LogP contribution in [0.1, 0.15) is 33.1 Å². The van der Waals surface area contributed by atoms with E-state index in [1.54, 1.807) is 13.8 Å². The van der Waals surface area contributed by atoms with Gasteiger partial charge in [0.2, 0.25) is 0 Å². The van der Waals surface area contributed by atoms with Crippen LogP contribution < -0.4 is 0 Å². The van der Waals surface area contributed by atoms with Gasteiger partial charge in [0.1, 0.15) is 26.7 Å². The predicted molar refractivity (Wildman–Crippen MR) is 63.2 cm³/mol. The van der Waals surface area contributed by atoms with E-state index >= 15 is 0 Å². The second-order valence-corrected chi connectivity index (χ2v) is 4.14. The van der Waals surface area contributed by atoms with Crippen molar-refractivity contribution in [1.29, 1.82) is 0 Å². The van der Waals surface area contributed by atoms with E-state index in [-0.39, 0.29) is 36.8 Å². The standard InChI is InChI=1S/C11H19BO5/c1-3-10(13)15-6-8-7(5-9(12)16-8)17-11(14)4-2/h7-9H,3-6,12H2,1-2H3/t7-,8-,9-/m0/s1. The zero-order valence-electron chi connectivity index (χ0n) is 10.6. The largest absolute Gasteiger partial charge is 0.463 e. The summed E-state index contributed by atoms with van der Waals surface area (Å²) in [5, 5.41) is 0. The van der Waals surface area contributed by atoms with E-state index in [2.05, 4.69) is 0 Å². The number of rotatable bonds is 5. The number of carbonyl (C=O) groups excluding carboxylic acids is 2. The van der Waals surface area contributed by atoms with Gasteiger partial charge < -0.3 is 14.2 Å². The lowest BCUT2D eigenvalue weighted by Gasteiger charge is -2.18. The number of esters is 2. The highest BCUT2D eigenvalue weighted by atomic mass is 16.6. The van der Waals surface area contributed by atoms with E-state index < -0.39 is 0 Å². The normalized spacial score (nSPS) is 27.8. The molecule has 0 radical (unpaired) electrons. The van der Waals surface area contributed by atoms with Crippen LogP contribution in [-0.2, 0) is 23.8 Å². The lowest BCUT2D eigenvalue weighted by atomic mass is 9.96. The molecule has 1 aliphatic rings. The molecule has 1 rings (SSSR count). The highest BCUT2D eigenvalue weighted by Gasteiger charge is 2.36. The quantitative estimate of drug-likeness (QED) is 0.502. The molecule has 1 heterocycles. The van der Waals surface area contributed by atoms with Gasteiger partial charge in [-0.3, -0.25) is 9.59 Å². The van der Waals surface area contributed by atoms with Crippen LogP contribution in [0.15, 0.2) is 0 Å². The molecular formula is C11H19BO5. The maximum absolute atomic E-state index is 11.2. The van der Waals surface area contributed by atoms with Gasteiger partial charge in [-0.05, 0) is 0 Å². The summed E-state index contributed by atoms with van der Waals surface area (Å²) in [6.07, 6.45) is 0.687. The van der Waals surface area contributed by atoms with Crippen LogP contribution in [0.3, 0.4) is 0 Å². The summed E-state index contributed by atoms with van der Waals surface area (Å²) in [5.74, 6) is -0.520. The van der Waals surface area contributed by atoms with Crippen molar-refractivity contribution in [3.8, 4) is 0 Å². The number of hydrogen-bond donors (Lipinski definition) is 0. The minimum atomic E-state index is -0.337. The molecule has 0 unspecified atom stereocenters.